The summed E-state index contributed by atoms with van der Waals surface area (Å²) in [5, 5.41) is 6.97. The number of unbranched alkanes of at least 4 members (excludes halogenated alkanes) is 2. The first kappa shape index (κ1) is 9.30. The largest absolute Gasteiger partial charge is 0.330 e. The zero-order valence-corrected chi connectivity index (χ0v) is 6.10. The summed E-state index contributed by atoms with van der Waals surface area (Å²) in [6.07, 6.45) is 4.12. The molecule has 58 valence electrons. The third-order valence-electron chi connectivity index (χ3n) is 1.29. The first-order chi connectivity index (χ1) is 4.81. The van der Waals surface area contributed by atoms with Crippen molar-refractivity contribution in [2.75, 3.05) is 6.54 Å². The van der Waals surface area contributed by atoms with Crippen molar-refractivity contribution in [2.45, 2.75) is 25.7 Å². The van der Waals surface area contributed by atoms with Crippen LogP contribution in [0.4, 0.5) is 0 Å². The van der Waals surface area contributed by atoms with Gasteiger partial charge in [0.15, 0.2) is 6.29 Å². The molecule has 0 spiro atoms. The summed E-state index contributed by atoms with van der Waals surface area (Å²) in [5.74, 6) is 0. The quantitative estimate of drug-likeness (QED) is 0.326. The van der Waals surface area contributed by atoms with Crippen LogP contribution in [0.25, 0.3) is 0 Å². The van der Waals surface area contributed by atoms with Gasteiger partial charge in [0.2, 0.25) is 0 Å². The van der Waals surface area contributed by atoms with Gasteiger partial charge in [0, 0.05) is 0 Å². The third kappa shape index (κ3) is 5.44. The molecule has 3 N–H and O–H groups in total. The van der Waals surface area contributed by atoms with Gasteiger partial charge in [-0.05, 0) is 25.8 Å². The fourth-order valence-corrected chi connectivity index (χ4v) is 0.695. The van der Waals surface area contributed by atoms with E-state index in [4.69, 9.17) is 11.1 Å². The molecule has 0 amide bonds. The molecule has 3 heteroatoms. The molecule has 0 atom stereocenters. The Morgan fingerprint density at radius 3 is 2.60 bits per heavy atom. The first-order valence-electron chi connectivity index (χ1n) is 3.54. The highest BCUT2D eigenvalue weighted by Crippen LogP contribution is 1.97. The maximum absolute atomic E-state index is 9.92. The van der Waals surface area contributed by atoms with E-state index in [0.717, 1.165) is 19.3 Å². The zero-order chi connectivity index (χ0) is 7.82. The third-order valence-corrected chi connectivity index (χ3v) is 1.29. The van der Waals surface area contributed by atoms with Gasteiger partial charge < -0.3 is 11.1 Å². The minimum atomic E-state index is 0.192. The van der Waals surface area contributed by atoms with Gasteiger partial charge in [-0.1, -0.05) is 6.42 Å². The molecule has 0 radical (unpaired) electrons. The molecular formula is C7H14N2O. The summed E-state index contributed by atoms with van der Waals surface area (Å²) in [6, 6.07) is 0. The Morgan fingerprint density at radius 2 is 2.10 bits per heavy atom. The Hall–Kier alpha value is -0.700. The highest BCUT2D eigenvalue weighted by Gasteiger charge is 1.92. The van der Waals surface area contributed by atoms with Crippen LogP contribution < -0.4 is 5.73 Å². The number of hydrogen-bond donors (Lipinski definition) is 2. The van der Waals surface area contributed by atoms with E-state index in [1.54, 1.807) is 0 Å². The summed E-state index contributed by atoms with van der Waals surface area (Å²) >= 11 is 0. The molecule has 0 fully saturated rings. The summed E-state index contributed by atoms with van der Waals surface area (Å²) < 4.78 is 0. The lowest BCUT2D eigenvalue weighted by atomic mass is 10.1. The summed E-state index contributed by atoms with van der Waals surface area (Å²) in [7, 11) is 0. The molecule has 0 aliphatic rings. The van der Waals surface area contributed by atoms with Gasteiger partial charge in [-0.25, -0.2) is 0 Å². The van der Waals surface area contributed by atoms with Crippen molar-refractivity contribution in [3.05, 3.63) is 0 Å². The Bertz CT molecular complexity index is 112. The molecule has 0 heterocycles. The van der Waals surface area contributed by atoms with Crippen LogP contribution in [0.3, 0.4) is 0 Å². The topological polar surface area (TPSA) is 66.9 Å². The van der Waals surface area contributed by atoms with Crippen molar-refractivity contribution in [2.24, 2.45) is 5.73 Å². The maximum Gasteiger partial charge on any atom is 0.163 e. The molecule has 0 aromatic carbocycles. The van der Waals surface area contributed by atoms with Gasteiger partial charge in [0.05, 0.1) is 5.71 Å². The predicted molar refractivity (Wildman–Crippen MR) is 41.3 cm³/mol. The first-order valence-corrected chi connectivity index (χ1v) is 3.54. The Kier molecular flexibility index (Phi) is 5.97. The van der Waals surface area contributed by atoms with Crippen LogP contribution in [-0.2, 0) is 4.79 Å². The number of nitrogens with one attached hydrogen (secondary N) is 1. The van der Waals surface area contributed by atoms with Crippen LogP contribution >= 0.6 is 0 Å². The van der Waals surface area contributed by atoms with Crippen LogP contribution in [0.5, 0.6) is 0 Å². The average Bonchev–Trinajstić information content (AvgIpc) is 1.98. The van der Waals surface area contributed by atoms with E-state index in [0.29, 0.717) is 19.3 Å². The molecule has 0 saturated heterocycles. The van der Waals surface area contributed by atoms with Crippen molar-refractivity contribution in [1.82, 2.24) is 0 Å². The highest BCUT2D eigenvalue weighted by molar-refractivity contribution is 6.26. The Morgan fingerprint density at radius 1 is 1.40 bits per heavy atom. The molecule has 10 heavy (non-hydrogen) atoms. The standard InChI is InChI=1S/C7H14N2O/c8-5-3-1-2-4-7(9)6-10/h6,9H,1-5,8H2. The highest BCUT2D eigenvalue weighted by atomic mass is 16.1. The van der Waals surface area contributed by atoms with Crippen molar-refractivity contribution < 1.29 is 4.79 Å². The van der Waals surface area contributed by atoms with Gasteiger partial charge in [0.25, 0.3) is 0 Å². The van der Waals surface area contributed by atoms with E-state index < -0.39 is 0 Å². The van der Waals surface area contributed by atoms with E-state index in [2.05, 4.69) is 0 Å². The smallest absolute Gasteiger partial charge is 0.163 e. The van der Waals surface area contributed by atoms with Crippen molar-refractivity contribution in [1.29, 1.82) is 5.41 Å². The lowest BCUT2D eigenvalue weighted by Gasteiger charge is -1.95. The second-order valence-corrected chi connectivity index (χ2v) is 2.24. The minimum absolute atomic E-state index is 0.192. The Balaban J connectivity index is 3.03. The molecule has 0 rings (SSSR count). The molecule has 3 nitrogen and oxygen atoms in total. The maximum atomic E-state index is 9.92. The fourth-order valence-electron chi connectivity index (χ4n) is 0.695. The number of rotatable bonds is 6. The van der Waals surface area contributed by atoms with Crippen molar-refractivity contribution in [3.8, 4) is 0 Å². The second-order valence-electron chi connectivity index (χ2n) is 2.24. The Labute approximate surface area is 61.1 Å². The van der Waals surface area contributed by atoms with E-state index in [1.165, 1.54) is 0 Å². The predicted octanol–water partition coefficient (Wildman–Crippen LogP) is 0.724. The molecule has 0 aromatic rings. The summed E-state index contributed by atoms with van der Waals surface area (Å²) in [6.45, 7) is 0.703. The monoisotopic (exact) mass is 142 g/mol. The van der Waals surface area contributed by atoms with Crippen LogP contribution in [0, 0.1) is 5.41 Å². The van der Waals surface area contributed by atoms with E-state index in [9.17, 15) is 4.79 Å². The van der Waals surface area contributed by atoms with Gasteiger partial charge in [-0.3, -0.25) is 4.79 Å². The molecule has 0 unspecified atom stereocenters. The molecule has 0 aliphatic heterocycles. The van der Waals surface area contributed by atoms with Crippen LogP contribution in [0.2, 0.25) is 0 Å². The molecular weight excluding hydrogens is 128 g/mol. The van der Waals surface area contributed by atoms with Gasteiger partial charge in [0.1, 0.15) is 0 Å². The number of carbonyl (C=O) groups excluding carboxylic acids is 1. The number of carbonyl (C=O) groups is 1. The number of hydrogen-bond acceptors (Lipinski definition) is 3. The van der Waals surface area contributed by atoms with Gasteiger partial charge in [-0.15, -0.1) is 0 Å². The fraction of sp³-hybridized carbons (Fsp3) is 0.714. The summed E-state index contributed by atoms with van der Waals surface area (Å²) in [4.78, 5) is 9.92. The molecule has 0 aromatic heterocycles. The zero-order valence-electron chi connectivity index (χ0n) is 6.10. The second kappa shape index (κ2) is 6.42. The van der Waals surface area contributed by atoms with Crippen molar-refractivity contribution >= 4 is 12.0 Å². The molecule has 0 saturated carbocycles. The number of nitrogens with two attached hydrogens (primary N) is 1. The molecule has 0 bridgehead atoms. The van der Waals surface area contributed by atoms with Crippen LogP contribution in [0.15, 0.2) is 0 Å². The number of aldehydes is 1. The van der Waals surface area contributed by atoms with Crippen molar-refractivity contribution in [3.63, 3.8) is 0 Å². The lowest BCUT2D eigenvalue weighted by Crippen LogP contribution is -2.00. The molecule has 0 aliphatic carbocycles. The summed E-state index contributed by atoms with van der Waals surface area (Å²) in [5.41, 5.74) is 5.45. The van der Waals surface area contributed by atoms with E-state index in [-0.39, 0.29) is 5.71 Å². The SMILES string of the molecule is N=C(C=O)CCCCCN. The lowest BCUT2D eigenvalue weighted by molar-refractivity contribution is -0.102. The normalized spacial score (nSPS) is 9.30. The minimum Gasteiger partial charge on any atom is -0.330 e. The van der Waals surface area contributed by atoms with E-state index >= 15 is 0 Å². The van der Waals surface area contributed by atoms with Crippen LogP contribution in [0.1, 0.15) is 25.7 Å². The van der Waals surface area contributed by atoms with Crippen LogP contribution in [-0.4, -0.2) is 18.5 Å². The average molecular weight is 142 g/mol. The van der Waals surface area contributed by atoms with Gasteiger partial charge >= 0.3 is 0 Å². The van der Waals surface area contributed by atoms with E-state index in [1.807, 2.05) is 0 Å². The van der Waals surface area contributed by atoms with Gasteiger partial charge in [-0.2, -0.15) is 0 Å².